The predicted octanol–water partition coefficient (Wildman–Crippen LogP) is 0.419. The lowest BCUT2D eigenvalue weighted by atomic mass is 10.0. The lowest BCUT2D eigenvalue weighted by Crippen LogP contribution is -2.55. The van der Waals surface area contributed by atoms with Gasteiger partial charge in [0.2, 0.25) is 5.91 Å². The van der Waals surface area contributed by atoms with Crippen LogP contribution in [-0.4, -0.2) is 80.5 Å². The average molecular weight is 417 g/mol. The summed E-state index contributed by atoms with van der Waals surface area (Å²) in [5.74, 6) is -0.384. The second-order valence-corrected chi connectivity index (χ2v) is 8.90. The summed E-state index contributed by atoms with van der Waals surface area (Å²) in [6.45, 7) is 9.93. The zero-order valence-corrected chi connectivity index (χ0v) is 18.5. The van der Waals surface area contributed by atoms with Crippen molar-refractivity contribution in [1.82, 2.24) is 21.0 Å². The van der Waals surface area contributed by atoms with Gasteiger partial charge in [-0.3, -0.25) is 14.4 Å². The van der Waals surface area contributed by atoms with E-state index in [0.29, 0.717) is 13.0 Å². The summed E-state index contributed by atoms with van der Waals surface area (Å²) in [4.78, 5) is 43.6. The van der Waals surface area contributed by atoms with Crippen molar-refractivity contribution in [2.24, 2.45) is 5.92 Å². The van der Waals surface area contributed by atoms with Gasteiger partial charge >= 0.3 is 6.09 Å². The molecule has 3 atom stereocenters. The molecule has 0 aliphatic carbocycles. The number of ether oxygens (including phenoxy) is 2. The van der Waals surface area contributed by atoms with E-state index in [1.165, 1.54) is 0 Å². The Balaban J connectivity index is 2.64. The van der Waals surface area contributed by atoms with Gasteiger partial charge in [-0.2, -0.15) is 5.48 Å². The van der Waals surface area contributed by atoms with Crippen LogP contribution in [0.5, 0.6) is 0 Å². The third kappa shape index (κ3) is 10.4. The zero-order valence-electron chi connectivity index (χ0n) is 18.5. The number of likely N-dealkylation sites (N-methyl/N-ethyl adjacent to an activating group) is 1. The van der Waals surface area contributed by atoms with Crippen LogP contribution in [-0.2, 0) is 23.9 Å². The van der Waals surface area contributed by atoms with E-state index in [-0.39, 0.29) is 37.1 Å². The number of nitrogens with zero attached hydrogens (tertiary/aromatic N) is 1. The number of nitrogens with one attached hydrogen (secondary N) is 3. The summed E-state index contributed by atoms with van der Waals surface area (Å²) in [7, 11) is 3.60. The molecule has 1 fully saturated rings. The number of rotatable bonds is 9. The average Bonchev–Trinajstić information content (AvgIpc) is 2.95. The fourth-order valence-electron chi connectivity index (χ4n) is 2.71. The first kappa shape index (κ1) is 25.1. The molecule has 1 aliphatic heterocycles. The number of amides is 3. The summed E-state index contributed by atoms with van der Waals surface area (Å²) in [6, 6.07) is -0.710. The number of hydrogen-bond acceptors (Lipinski definition) is 7. The van der Waals surface area contributed by atoms with Gasteiger partial charge in [-0.25, -0.2) is 4.79 Å². The molecule has 0 radical (unpaired) electrons. The first-order chi connectivity index (χ1) is 13.4. The van der Waals surface area contributed by atoms with Crippen LogP contribution in [0, 0.1) is 5.92 Å². The normalized spacial score (nSPS) is 20.4. The van der Waals surface area contributed by atoms with E-state index in [4.69, 9.17) is 14.3 Å². The quantitative estimate of drug-likeness (QED) is 0.466. The SMILES string of the molecule is CC(C)CC(ONC(=O)OC(C)(C)C)C(=O)N[C@@H]1COC[C@@H]1NC(=O)CN(C)C. The van der Waals surface area contributed by atoms with Crippen molar-refractivity contribution in [3.63, 3.8) is 0 Å². The maximum atomic E-state index is 12.7. The monoisotopic (exact) mass is 416 g/mol. The standard InChI is InChI=1S/C19H36N4O6/c1-12(2)8-15(29-22-18(26)28-19(3,4)5)17(25)21-14-11-27-10-13(14)20-16(24)9-23(6)7/h12-15H,8-11H2,1-7H3,(H,20,24)(H,21,25)(H,22,26)/t13-,14+,15?/m0/s1. The van der Waals surface area contributed by atoms with Crippen LogP contribution in [0.3, 0.4) is 0 Å². The van der Waals surface area contributed by atoms with Gasteiger partial charge < -0.3 is 25.0 Å². The zero-order chi connectivity index (χ0) is 22.2. The lowest BCUT2D eigenvalue weighted by Gasteiger charge is -2.25. The minimum absolute atomic E-state index is 0.147. The molecule has 3 N–H and O–H groups in total. The van der Waals surface area contributed by atoms with E-state index >= 15 is 0 Å². The first-order valence-electron chi connectivity index (χ1n) is 9.84. The Morgan fingerprint density at radius 1 is 1.10 bits per heavy atom. The summed E-state index contributed by atoms with van der Waals surface area (Å²) in [5.41, 5.74) is 1.51. The van der Waals surface area contributed by atoms with E-state index in [1.807, 2.05) is 13.8 Å². The lowest BCUT2D eigenvalue weighted by molar-refractivity contribution is -0.140. The van der Waals surface area contributed by atoms with E-state index in [0.717, 1.165) is 0 Å². The molecule has 0 bridgehead atoms. The minimum atomic E-state index is -0.902. The van der Waals surface area contributed by atoms with Crippen LogP contribution in [0.1, 0.15) is 41.0 Å². The van der Waals surface area contributed by atoms with E-state index in [1.54, 1.807) is 39.8 Å². The van der Waals surface area contributed by atoms with Gasteiger partial charge in [0, 0.05) is 0 Å². The van der Waals surface area contributed by atoms with Gasteiger partial charge in [-0.1, -0.05) is 13.8 Å². The maximum Gasteiger partial charge on any atom is 0.431 e. The van der Waals surface area contributed by atoms with Crippen LogP contribution in [0.2, 0.25) is 0 Å². The Kier molecular flexibility index (Phi) is 9.81. The Bertz CT molecular complexity index is 561. The largest absolute Gasteiger partial charge is 0.442 e. The molecule has 0 aromatic rings. The molecular weight excluding hydrogens is 380 g/mol. The van der Waals surface area contributed by atoms with Crippen molar-refractivity contribution in [2.75, 3.05) is 33.9 Å². The molecule has 0 aromatic carbocycles. The highest BCUT2D eigenvalue weighted by atomic mass is 16.7. The Hall–Kier alpha value is -1.91. The highest BCUT2D eigenvalue weighted by Gasteiger charge is 2.33. The van der Waals surface area contributed by atoms with Crippen molar-refractivity contribution in [3.8, 4) is 0 Å². The van der Waals surface area contributed by atoms with E-state index < -0.39 is 23.7 Å². The molecule has 1 unspecified atom stereocenters. The number of hydrogen-bond donors (Lipinski definition) is 3. The van der Waals surface area contributed by atoms with Gasteiger partial charge in [-0.05, 0) is 47.2 Å². The topological polar surface area (TPSA) is 118 Å². The Morgan fingerprint density at radius 3 is 2.21 bits per heavy atom. The summed E-state index contributed by atoms with van der Waals surface area (Å²) in [5, 5.41) is 5.73. The second-order valence-electron chi connectivity index (χ2n) is 8.90. The number of carbonyl (C=O) groups is 3. The van der Waals surface area contributed by atoms with Crippen molar-refractivity contribution in [2.45, 2.75) is 64.8 Å². The molecule has 1 aliphatic rings. The van der Waals surface area contributed by atoms with E-state index in [9.17, 15) is 14.4 Å². The summed E-state index contributed by atoms with van der Waals surface area (Å²) >= 11 is 0. The fourth-order valence-corrected chi connectivity index (χ4v) is 2.71. The fraction of sp³-hybridized carbons (Fsp3) is 0.842. The second kappa shape index (κ2) is 11.3. The number of carbonyl (C=O) groups excluding carboxylic acids is 3. The molecule has 29 heavy (non-hydrogen) atoms. The third-order valence-electron chi connectivity index (χ3n) is 3.88. The van der Waals surface area contributed by atoms with Gasteiger partial charge in [0.25, 0.3) is 5.91 Å². The predicted molar refractivity (Wildman–Crippen MR) is 107 cm³/mol. The molecule has 1 rings (SSSR count). The van der Waals surface area contributed by atoms with E-state index in [2.05, 4.69) is 16.1 Å². The van der Waals surface area contributed by atoms with Crippen molar-refractivity contribution < 1.29 is 28.7 Å². The van der Waals surface area contributed by atoms with Crippen molar-refractivity contribution in [1.29, 1.82) is 0 Å². The third-order valence-corrected chi connectivity index (χ3v) is 3.88. The van der Waals surface area contributed by atoms with Crippen LogP contribution in [0.25, 0.3) is 0 Å². The molecule has 1 saturated heterocycles. The molecule has 3 amide bonds. The summed E-state index contributed by atoms with van der Waals surface area (Å²) in [6.07, 6.45) is -1.27. The molecule has 0 spiro atoms. The van der Waals surface area contributed by atoms with Crippen molar-refractivity contribution in [3.05, 3.63) is 0 Å². The molecule has 0 aromatic heterocycles. The van der Waals surface area contributed by atoms with Gasteiger partial charge in [0.05, 0.1) is 31.8 Å². The first-order valence-corrected chi connectivity index (χ1v) is 9.84. The minimum Gasteiger partial charge on any atom is -0.442 e. The molecule has 10 nitrogen and oxygen atoms in total. The Labute approximate surface area is 172 Å². The van der Waals surface area contributed by atoms with Crippen molar-refractivity contribution >= 4 is 17.9 Å². The van der Waals surface area contributed by atoms with Gasteiger partial charge in [0.15, 0.2) is 6.10 Å². The maximum absolute atomic E-state index is 12.7. The smallest absolute Gasteiger partial charge is 0.431 e. The van der Waals surface area contributed by atoms with Gasteiger partial charge in [0.1, 0.15) is 5.60 Å². The molecule has 10 heteroatoms. The summed E-state index contributed by atoms with van der Waals surface area (Å²) < 4.78 is 10.5. The molecule has 1 heterocycles. The van der Waals surface area contributed by atoms with Gasteiger partial charge in [-0.15, -0.1) is 0 Å². The number of hydroxylamine groups is 1. The highest BCUT2D eigenvalue weighted by molar-refractivity contribution is 5.82. The highest BCUT2D eigenvalue weighted by Crippen LogP contribution is 2.12. The Morgan fingerprint density at radius 2 is 1.69 bits per heavy atom. The molecule has 168 valence electrons. The van der Waals surface area contributed by atoms with Crippen LogP contribution in [0.15, 0.2) is 0 Å². The molecule has 0 saturated carbocycles. The van der Waals surface area contributed by atoms with Crippen LogP contribution in [0.4, 0.5) is 4.79 Å². The molecular formula is C19H36N4O6. The van der Waals surface area contributed by atoms with Crippen LogP contribution < -0.4 is 16.1 Å². The van der Waals surface area contributed by atoms with Crippen LogP contribution >= 0.6 is 0 Å².